The van der Waals surface area contributed by atoms with Crippen LogP contribution in [0.3, 0.4) is 0 Å². The van der Waals surface area contributed by atoms with E-state index in [-0.39, 0.29) is 0 Å². The van der Waals surface area contributed by atoms with Crippen LogP contribution in [0.2, 0.25) is 0 Å². The highest BCUT2D eigenvalue weighted by atomic mass is 19.2. The Morgan fingerprint density at radius 2 is 1.93 bits per heavy atom. The monoisotopic (exact) mass is 205 g/mol. The van der Waals surface area contributed by atoms with Crippen molar-refractivity contribution in [2.45, 2.75) is 0 Å². The number of anilines is 1. The van der Waals surface area contributed by atoms with Gasteiger partial charge in [0.25, 0.3) is 0 Å². The van der Waals surface area contributed by atoms with Crippen molar-refractivity contribution in [2.75, 3.05) is 12.4 Å². The van der Waals surface area contributed by atoms with Gasteiger partial charge in [-0.25, -0.2) is 18.0 Å². The second-order valence-electron chi connectivity index (χ2n) is 2.34. The van der Waals surface area contributed by atoms with Crippen LogP contribution >= 0.6 is 0 Å². The fourth-order valence-electron chi connectivity index (χ4n) is 0.783. The Kier molecular flexibility index (Phi) is 2.95. The van der Waals surface area contributed by atoms with Crippen LogP contribution in [-0.4, -0.2) is 13.2 Å². The zero-order valence-electron chi connectivity index (χ0n) is 7.11. The molecule has 1 rings (SSSR count). The Balaban J connectivity index is 3.00. The lowest BCUT2D eigenvalue weighted by molar-refractivity contribution is 0.186. The van der Waals surface area contributed by atoms with Gasteiger partial charge in [-0.1, -0.05) is 0 Å². The molecular formula is C8H6F3NO2. The molecule has 0 spiro atoms. The molecule has 76 valence electrons. The highest BCUT2D eigenvalue weighted by Gasteiger charge is 2.14. The fraction of sp³-hybridized carbons (Fsp3) is 0.125. The lowest BCUT2D eigenvalue weighted by atomic mass is 10.3. The summed E-state index contributed by atoms with van der Waals surface area (Å²) in [6.07, 6.45) is -0.963. The van der Waals surface area contributed by atoms with Crippen molar-refractivity contribution < 1.29 is 22.7 Å². The quantitative estimate of drug-likeness (QED) is 0.714. The number of amides is 1. The first-order chi connectivity index (χ1) is 6.56. The number of hydrogen-bond donors (Lipinski definition) is 1. The summed E-state index contributed by atoms with van der Waals surface area (Å²) in [5.41, 5.74) is -0.476. The SMILES string of the molecule is COC(=O)Nc1ccc(F)c(F)c1F. The van der Waals surface area contributed by atoms with Gasteiger partial charge in [-0.15, -0.1) is 0 Å². The molecule has 0 bridgehead atoms. The topological polar surface area (TPSA) is 38.3 Å². The Hall–Kier alpha value is -1.72. The van der Waals surface area contributed by atoms with Crippen molar-refractivity contribution >= 4 is 11.8 Å². The molecule has 1 aromatic rings. The maximum Gasteiger partial charge on any atom is 0.411 e. The molecule has 1 amide bonds. The first-order valence-corrected chi connectivity index (χ1v) is 3.54. The largest absolute Gasteiger partial charge is 0.453 e. The number of rotatable bonds is 1. The number of halogens is 3. The van der Waals surface area contributed by atoms with Gasteiger partial charge in [-0.05, 0) is 12.1 Å². The second-order valence-corrected chi connectivity index (χ2v) is 2.34. The molecule has 0 atom stereocenters. The number of methoxy groups -OCH3 is 1. The van der Waals surface area contributed by atoms with Crippen molar-refractivity contribution in [3.05, 3.63) is 29.6 Å². The summed E-state index contributed by atoms with van der Waals surface area (Å²) in [6, 6.07) is 1.59. The minimum Gasteiger partial charge on any atom is -0.453 e. The van der Waals surface area contributed by atoms with E-state index in [4.69, 9.17) is 0 Å². The van der Waals surface area contributed by atoms with E-state index >= 15 is 0 Å². The number of carbonyl (C=O) groups excluding carboxylic acids is 1. The lowest BCUT2D eigenvalue weighted by Crippen LogP contribution is -2.13. The van der Waals surface area contributed by atoms with Crippen molar-refractivity contribution in [3.63, 3.8) is 0 Å². The van der Waals surface area contributed by atoms with Gasteiger partial charge in [0.15, 0.2) is 17.5 Å². The lowest BCUT2D eigenvalue weighted by Gasteiger charge is -2.05. The average molecular weight is 205 g/mol. The molecule has 0 fully saturated rings. The standard InChI is InChI=1S/C8H6F3NO2/c1-14-8(13)12-5-3-2-4(9)6(10)7(5)11/h2-3H,1H3,(H,12,13). The van der Waals surface area contributed by atoms with Gasteiger partial charge in [0.05, 0.1) is 12.8 Å². The molecule has 0 saturated heterocycles. The molecule has 0 aliphatic heterocycles. The predicted octanol–water partition coefficient (Wildman–Crippen LogP) is 2.28. The third-order valence-corrected chi connectivity index (χ3v) is 1.46. The smallest absolute Gasteiger partial charge is 0.411 e. The van der Waals surface area contributed by atoms with E-state index in [1.165, 1.54) is 0 Å². The summed E-state index contributed by atoms with van der Waals surface area (Å²) in [4.78, 5) is 10.6. The van der Waals surface area contributed by atoms with Gasteiger partial charge in [-0.3, -0.25) is 5.32 Å². The van der Waals surface area contributed by atoms with E-state index in [2.05, 4.69) is 4.74 Å². The molecule has 0 aliphatic carbocycles. The van der Waals surface area contributed by atoms with Crippen molar-refractivity contribution in [3.8, 4) is 0 Å². The number of nitrogens with one attached hydrogen (secondary N) is 1. The van der Waals surface area contributed by atoms with E-state index in [0.717, 1.165) is 13.2 Å². The van der Waals surface area contributed by atoms with E-state index in [0.29, 0.717) is 6.07 Å². The average Bonchev–Trinajstić information content (AvgIpc) is 2.19. The number of benzene rings is 1. The molecule has 1 aromatic carbocycles. The molecule has 14 heavy (non-hydrogen) atoms. The van der Waals surface area contributed by atoms with Crippen LogP contribution in [0.5, 0.6) is 0 Å². The molecule has 6 heteroatoms. The highest BCUT2D eigenvalue weighted by molar-refractivity contribution is 5.84. The predicted molar refractivity (Wildman–Crippen MR) is 42.3 cm³/mol. The van der Waals surface area contributed by atoms with Crippen LogP contribution in [0.15, 0.2) is 12.1 Å². The minimum atomic E-state index is -1.64. The normalized spacial score (nSPS) is 9.71. The van der Waals surface area contributed by atoms with Crippen LogP contribution in [0.4, 0.5) is 23.7 Å². The van der Waals surface area contributed by atoms with Crippen molar-refractivity contribution in [1.82, 2.24) is 0 Å². The molecule has 1 N–H and O–H groups in total. The van der Waals surface area contributed by atoms with Crippen LogP contribution in [0.1, 0.15) is 0 Å². The Morgan fingerprint density at radius 3 is 2.50 bits per heavy atom. The molecule has 3 nitrogen and oxygen atoms in total. The number of carbonyl (C=O) groups is 1. The van der Waals surface area contributed by atoms with E-state index in [9.17, 15) is 18.0 Å². The zero-order valence-corrected chi connectivity index (χ0v) is 7.11. The number of ether oxygens (including phenoxy) is 1. The van der Waals surface area contributed by atoms with E-state index in [1.807, 2.05) is 5.32 Å². The molecular weight excluding hydrogens is 199 g/mol. The summed E-state index contributed by atoms with van der Waals surface area (Å²) in [5, 5.41) is 1.89. The van der Waals surface area contributed by atoms with Crippen LogP contribution < -0.4 is 5.32 Å². The van der Waals surface area contributed by atoms with Gasteiger partial charge in [-0.2, -0.15) is 0 Å². The molecule has 0 unspecified atom stereocenters. The van der Waals surface area contributed by atoms with E-state index < -0.39 is 29.2 Å². The summed E-state index contributed by atoms with van der Waals surface area (Å²) in [7, 11) is 1.06. The third kappa shape index (κ3) is 1.95. The maximum atomic E-state index is 12.9. The van der Waals surface area contributed by atoms with Gasteiger partial charge in [0, 0.05) is 0 Å². The summed E-state index contributed by atoms with van der Waals surface area (Å²) < 4.78 is 42.0. The van der Waals surface area contributed by atoms with Gasteiger partial charge in [0.2, 0.25) is 0 Å². The third-order valence-electron chi connectivity index (χ3n) is 1.46. The molecule has 0 saturated carbocycles. The van der Waals surface area contributed by atoms with Crippen molar-refractivity contribution in [2.24, 2.45) is 0 Å². The fourth-order valence-corrected chi connectivity index (χ4v) is 0.783. The molecule has 0 aromatic heterocycles. The Bertz CT molecular complexity index is 368. The molecule has 0 aliphatic rings. The van der Waals surface area contributed by atoms with E-state index in [1.54, 1.807) is 0 Å². The van der Waals surface area contributed by atoms with Crippen LogP contribution in [0.25, 0.3) is 0 Å². The Morgan fingerprint density at radius 1 is 1.29 bits per heavy atom. The second kappa shape index (κ2) is 3.99. The summed E-state index contributed by atoms with van der Waals surface area (Å²) in [5.74, 6) is -4.42. The van der Waals surface area contributed by atoms with Crippen molar-refractivity contribution in [1.29, 1.82) is 0 Å². The van der Waals surface area contributed by atoms with Crippen LogP contribution in [-0.2, 0) is 4.74 Å². The van der Waals surface area contributed by atoms with Gasteiger partial charge < -0.3 is 4.74 Å². The summed E-state index contributed by atoms with van der Waals surface area (Å²) >= 11 is 0. The van der Waals surface area contributed by atoms with Crippen LogP contribution in [0, 0.1) is 17.5 Å². The first-order valence-electron chi connectivity index (χ1n) is 3.54. The van der Waals surface area contributed by atoms with Gasteiger partial charge in [0.1, 0.15) is 0 Å². The zero-order chi connectivity index (χ0) is 10.7. The molecule has 0 heterocycles. The summed E-state index contributed by atoms with van der Waals surface area (Å²) in [6.45, 7) is 0. The first kappa shape index (κ1) is 10.4. The minimum absolute atomic E-state index is 0.476. The Labute approximate surface area is 77.5 Å². The highest BCUT2D eigenvalue weighted by Crippen LogP contribution is 2.19. The van der Waals surface area contributed by atoms with Gasteiger partial charge >= 0.3 is 6.09 Å². The molecule has 0 radical (unpaired) electrons. The maximum absolute atomic E-state index is 12.9. The number of hydrogen-bond acceptors (Lipinski definition) is 2.